The van der Waals surface area contributed by atoms with Crippen molar-refractivity contribution in [1.29, 1.82) is 0 Å². The first-order valence-corrected chi connectivity index (χ1v) is 8.08. The predicted octanol–water partition coefficient (Wildman–Crippen LogP) is 3.38. The number of aromatic nitrogens is 1. The van der Waals surface area contributed by atoms with Crippen molar-refractivity contribution in [3.63, 3.8) is 0 Å². The van der Waals surface area contributed by atoms with Gasteiger partial charge in [0.05, 0.1) is 21.8 Å². The van der Waals surface area contributed by atoms with E-state index < -0.39 is 40.3 Å². The molecule has 148 valence electrons. The van der Waals surface area contributed by atoms with E-state index in [1.165, 1.54) is 19.2 Å². The zero-order valence-electron chi connectivity index (χ0n) is 14.6. The van der Waals surface area contributed by atoms with Gasteiger partial charge in [-0.1, -0.05) is 23.2 Å². The fourth-order valence-corrected chi connectivity index (χ4v) is 2.42. The molecule has 4 amide bonds. The summed E-state index contributed by atoms with van der Waals surface area (Å²) < 4.78 is 37.9. The number of hydrogen-bond donors (Lipinski definition) is 3. The molecule has 2 aromatic rings. The lowest BCUT2D eigenvalue weighted by molar-refractivity contribution is -0.137. The molecule has 2 rings (SSSR count). The summed E-state index contributed by atoms with van der Waals surface area (Å²) in [5.74, 6) is -1.57. The molecule has 11 heteroatoms. The predicted molar refractivity (Wildman–Crippen MR) is 95.3 cm³/mol. The van der Waals surface area contributed by atoms with Crippen LogP contribution in [0.15, 0.2) is 30.5 Å². The summed E-state index contributed by atoms with van der Waals surface area (Å²) >= 11 is 5.67. The zero-order chi connectivity index (χ0) is 21.1. The van der Waals surface area contributed by atoms with Gasteiger partial charge in [-0.25, -0.2) is 9.78 Å². The molecule has 0 unspecified atom stereocenters. The standard InChI is InChI=1S/C17H14ClF3N4O3/c1-8-3-4-12(10(5-8)14(26)22-2)24-16(28)25-15(27)13-11(18)6-9(7-23-13)17(19,20)21/h3-7H,1-2H3,(H,22,26)(H2,24,25,27,28). The first-order valence-electron chi connectivity index (χ1n) is 7.70. The van der Waals surface area contributed by atoms with Crippen LogP contribution in [0.3, 0.4) is 0 Å². The average Bonchev–Trinajstić information content (AvgIpc) is 2.61. The number of nitrogens with one attached hydrogen (secondary N) is 3. The van der Waals surface area contributed by atoms with Crippen LogP contribution >= 0.6 is 11.6 Å². The van der Waals surface area contributed by atoms with Crippen LogP contribution in [-0.4, -0.2) is 29.9 Å². The first-order chi connectivity index (χ1) is 13.0. The van der Waals surface area contributed by atoms with E-state index >= 15 is 0 Å². The quantitative estimate of drug-likeness (QED) is 0.716. The van der Waals surface area contributed by atoms with Crippen LogP contribution in [0.4, 0.5) is 23.7 Å². The highest BCUT2D eigenvalue weighted by molar-refractivity contribution is 6.34. The van der Waals surface area contributed by atoms with Gasteiger partial charge >= 0.3 is 12.2 Å². The van der Waals surface area contributed by atoms with E-state index in [-0.39, 0.29) is 11.3 Å². The highest BCUT2D eigenvalue weighted by Crippen LogP contribution is 2.31. The third-order valence-corrected chi connectivity index (χ3v) is 3.79. The van der Waals surface area contributed by atoms with Gasteiger partial charge in [-0.15, -0.1) is 0 Å². The van der Waals surface area contributed by atoms with Crippen molar-refractivity contribution >= 4 is 35.1 Å². The van der Waals surface area contributed by atoms with Crippen LogP contribution < -0.4 is 16.0 Å². The molecule has 0 aliphatic heterocycles. The van der Waals surface area contributed by atoms with E-state index in [0.717, 1.165) is 5.56 Å². The molecule has 0 bridgehead atoms. The second-order valence-electron chi connectivity index (χ2n) is 5.59. The number of aryl methyl sites for hydroxylation is 1. The van der Waals surface area contributed by atoms with E-state index in [1.54, 1.807) is 13.0 Å². The molecule has 1 aromatic heterocycles. The van der Waals surface area contributed by atoms with Crippen LogP contribution in [0.5, 0.6) is 0 Å². The van der Waals surface area contributed by atoms with E-state index in [2.05, 4.69) is 15.6 Å². The summed E-state index contributed by atoms with van der Waals surface area (Å²) in [6.07, 6.45) is -4.24. The van der Waals surface area contributed by atoms with Crippen LogP contribution in [0.2, 0.25) is 5.02 Å². The number of pyridine rings is 1. The number of hydrogen-bond acceptors (Lipinski definition) is 4. The highest BCUT2D eigenvalue weighted by atomic mass is 35.5. The molecular formula is C17H14ClF3N4O3. The third-order valence-electron chi connectivity index (χ3n) is 3.51. The molecule has 1 aromatic carbocycles. The normalized spacial score (nSPS) is 10.9. The topological polar surface area (TPSA) is 100 Å². The monoisotopic (exact) mass is 414 g/mol. The number of anilines is 1. The molecule has 0 fully saturated rings. The Morgan fingerprint density at radius 2 is 1.79 bits per heavy atom. The largest absolute Gasteiger partial charge is 0.417 e. The summed E-state index contributed by atoms with van der Waals surface area (Å²) in [4.78, 5) is 39.4. The second-order valence-corrected chi connectivity index (χ2v) is 6.00. The number of halogens is 4. The molecule has 0 atom stereocenters. The summed E-state index contributed by atoms with van der Waals surface area (Å²) in [5.41, 5.74) is -0.632. The molecule has 0 saturated carbocycles. The van der Waals surface area contributed by atoms with Gasteiger partial charge in [0.1, 0.15) is 5.69 Å². The smallest absolute Gasteiger partial charge is 0.355 e. The van der Waals surface area contributed by atoms with Crippen molar-refractivity contribution in [2.24, 2.45) is 0 Å². The van der Waals surface area contributed by atoms with Crippen molar-refractivity contribution < 1.29 is 27.6 Å². The average molecular weight is 415 g/mol. The van der Waals surface area contributed by atoms with Gasteiger partial charge in [0, 0.05) is 13.2 Å². The van der Waals surface area contributed by atoms with Gasteiger partial charge in [0.25, 0.3) is 11.8 Å². The van der Waals surface area contributed by atoms with Crippen LogP contribution in [0, 0.1) is 6.92 Å². The minimum atomic E-state index is -4.68. The molecule has 0 aliphatic rings. The number of urea groups is 1. The van der Waals surface area contributed by atoms with Crippen molar-refractivity contribution in [2.75, 3.05) is 12.4 Å². The lowest BCUT2D eigenvalue weighted by Crippen LogP contribution is -2.35. The Morgan fingerprint density at radius 3 is 2.36 bits per heavy atom. The van der Waals surface area contributed by atoms with Crippen LogP contribution in [-0.2, 0) is 6.18 Å². The highest BCUT2D eigenvalue weighted by Gasteiger charge is 2.32. The molecule has 0 radical (unpaired) electrons. The van der Waals surface area contributed by atoms with Crippen LogP contribution in [0.1, 0.15) is 32.0 Å². The molecule has 7 nitrogen and oxygen atoms in total. The van der Waals surface area contributed by atoms with Gasteiger partial charge in [0.15, 0.2) is 0 Å². The maximum Gasteiger partial charge on any atom is 0.417 e. The Balaban J connectivity index is 2.16. The summed E-state index contributed by atoms with van der Waals surface area (Å²) in [6, 6.07) is 4.15. The third kappa shape index (κ3) is 4.97. The molecule has 0 saturated heterocycles. The Hall–Kier alpha value is -3.14. The van der Waals surface area contributed by atoms with Gasteiger partial charge in [-0.3, -0.25) is 14.9 Å². The number of rotatable bonds is 3. The number of amides is 4. The van der Waals surface area contributed by atoms with Crippen molar-refractivity contribution in [3.8, 4) is 0 Å². The Bertz CT molecular complexity index is 948. The Labute approximate surface area is 162 Å². The summed E-state index contributed by atoms with van der Waals surface area (Å²) in [6.45, 7) is 1.75. The minimum Gasteiger partial charge on any atom is -0.355 e. The van der Waals surface area contributed by atoms with E-state index in [1.807, 2.05) is 5.32 Å². The van der Waals surface area contributed by atoms with Crippen molar-refractivity contribution in [1.82, 2.24) is 15.6 Å². The lowest BCUT2D eigenvalue weighted by Gasteiger charge is -2.12. The number of carbonyl (C=O) groups excluding carboxylic acids is 3. The Morgan fingerprint density at radius 1 is 1.11 bits per heavy atom. The maximum absolute atomic E-state index is 12.6. The van der Waals surface area contributed by atoms with E-state index in [0.29, 0.717) is 12.3 Å². The molecule has 0 spiro atoms. The fourth-order valence-electron chi connectivity index (χ4n) is 2.17. The zero-order valence-corrected chi connectivity index (χ0v) is 15.3. The van der Waals surface area contributed by atoms with Crippen molar-refractivity contribution in [3.05, 3.63) is 57.9 Å². The lowest BCUT2D eigenvalue weighted by atomic mass is 10.1. The molecule has 0 aliphatic carbocycles. The van der Waals surface area contributed by atoms with E-state index in [4.69, 9.17) is 11.6 Å². The minimum absolute atomic E-state index is 0.127. The number of nitrogens with zero attached hydrogens (tertiary/aromatic N) is 1. The molecule has 1 heterocycles. The number of benzene rings is 1. The maximum atomic E-state index is 12.6. The van der Waals surface area contributed by atoms with Gasteiger partial charge in [-0.2, -0.15) is 13.2 Å². The van der Waals surface area contributed by atoms with E-state index in [9.17, 15) is 27.6 Å². The van der Waals surface area contributed by atoms with Crippen LogP contribution in [0.25, 0.3) is 0 Å². The molecule has 28 heavy (non-hydrogen) atoms. The molecular weight excluding hydrogens is 401 g/mol. The summed E-state index contributed by atoms with van der Waals surface area (Å²) in [7, 11) is 1.41. The Kier molecular flexibility index (Phi) is 6.24. The fraction of sp³-hybridized carbons (Fsp3) is 0.176. The number of imide groups is 1. The SMILES string of the molecule is CNC(=O)c1cc(C)ccc1NC(=O)NC(=O)c1ncc(C(F)(F)F)cc1Cl. The van der Waals surface area contributed by atoms with Gasteiger partial charge in [-0.05, 0) is 25.1 Å². The van der Waals surface area contributed by atoms with Gasteiger partial charge in [0.2, 0.25) is 0 Å². The van der Waals surface area contributed by atoms with Crippen molar-refractivity contribution in [2.45, 2.75) is 13.1 Å². The number of carbonyl (C=O) groups is 3. The molecule has 3 N–H and O–H groups in total. The first kappa shape index (κ1) is 21.2. The van der Waals surface area contributed by atoms with Gasteiger partial charge < -0.3 is 10.6 Å². The second kappa shape index (κ2) is 8.26. The summed E-state index contributed by atoms with van der Waals surface area (Å²) in [5, 5.41) is 6.07. The number of alkyl halides is 3.